The molecule has 27 heavy (non-hydrogen) atoms. The van der Waals surface area contributed by atoms with Crippen LogP contribution in [-0.2, 0) is 0 Å². The van der Waals surface area contributed by atoms with Crippen LogP contribution in [0.3, 0.4) is 0 Å². The first kappa shape index (κ1) is 19.9. The molecule has 0 atom stereocenters. The molecule has 0 heterocycles. The monoisotopic (exact) mass is 374 g/mol. The standard InChI is InChI=1S/C19H22N2O6/c1-11(12-6-7-14(22)15(8-12)24-2)20-21-19(23)13-9-16(25-3)18(27-5)17(10-13)26-4/h6-10,22H,1-5H3,(H,21,23)/b20-11+. The highest BCUT2D eigenvalue weighted by molar-refractivity contribution is 6.01. The molecule has 0 aromatic heterocycles. The Morgan fingerprint density at radius 2 is 1.44 bits per heavy atom. The summed E-state index contributed by atoms with van der Waals surface area (Å²) in [6.07, 6.45) is 0. The van der Waals surface area contributed by atoms with E-state index in [2.05, 4.69) is 10.5 Å². The lowest BCUT2D eigenvalue weighted by molar-refractivity contribution is 0.0954. The predicted octanol–water partition coefficient (Wildman–Crippen LogP) is 2.58. The first-order valence-corrected chi connectivity index (χ1v) is 7.97. The summed E-state index contributed by atoms with van der Waals surface area (Å²) in [6, 6.07) is 7.85. The van der Waals surface area contributed by atoms with Gasteiger partial charge in [0.1, 0.15) is 0 Å². The fourth-order valence-corrected chi connectivity index (χ4v) is 2.38. The minimum absolute atomic E-state index is 0.0236. The number of phenols is 1. The van der Waals surface area contributed by atoms with Gasteiger partial charge in [-0.05, 0) is 37.3 Å². The van der Waals surface area contributed by atoms with Gasteiger partial charge in [0.05, 0.1) is 34.2 Å². The molecule has 1 amide bonds. The molecule has 2 aromatic rings. The highest BCUT2D eigenvalue weighted by atomic mass is 16.5. The molecule has 2 rings (SSSR count). The summed E-state index contributed by atoms with van der Waals surface area (Å²) in [5.41, 5.74) is 4.00. The zero-order valence-electron chi connectivity index (χ0n) is 15.8. The van der Waals surface area contributed by atoms with Gasteiger partial charge in [-0.15, -0.1) is 0 Å². The fourth-order valence-electron chi connectivity index (χ4n) is 2.38. The molecular formula is C19H22N2O6. The van der Waals surface area contributed by atoms with Crippen molar-refractivity contribution in [1.82, 2.24) is 5.43 Å². The Morgan fingerprint density at radius 1 is 0.889 bits per heavy atom. The summed E-state index contributed by atoms with van der Waals surface area (Å²) in [6.45, 7) is 1.72. The molecule has 2 N–H and O–H groups in total. The van der Waals surface area contributed by atoms with Gasteiger partial charge in [0.25, 0.3) is 5.91 Å². The van der Waals surface area contributed by atoms with Crippen LogP contribution in [0.15, 0.2) is 35.4 Å². The Kier molecular flexibility index (Phi) is 6.48. The van der Waals surface area contributed by atoms with E-state index in [1.54, 1.807) is 19.1 Å². The Labute approximate surface area is 157 Å². The van der Waals surface area contributed by atoms with E-state index in [0.29, 0.717) is 39.8 Å². The van der Waals surface area contributed by atoms with Crippen LogP contribution in [0.25, 0.3) is 0 Å². The maximum Gasteiger partial charge on any atom is 0.271 e. The van der Waals surface area contributed by atoms with Gasteiger partial charge in [0, 0.05) is 11.1 Å². The van der Waals surface area contributed by atoms with Gasteiger partial charge in [-0.3, -0.25) is 4.79 Å². The van der Waals surface area contributed by atoms with Crippen molar-refractivity contribution in [2.24, 2.45) is 5.10 Å². The molecule has 0 fully saturated rings. The lowest BCUT2D eigenvalue weighted by Gasteiger charge is -2.13. The zero-order chi connectivity index (χ0) is 20.0. The summed E-state index contributed by atoms with van der Waals surface area (Å²) in [7, 11) is 5.89. The number of hydrogen-bond acceptors (Lipinski definition) is 7. The Hall–Kier alpha value is -3.42. The van der Waals surface area contributed by atoms with Crippen LogP contribution in [0.2, 0.25) is 0 Å². The van der Waals surface area contributed by atoms with E-state index >= 15 is 0 Å². The highest BCUT2D eigenvalue weighted by Crippen LogP contribution is 2.38. The van der Waals surface area contributed by atoms with E-state index in [9.17, 15) is 9.90 Å². The topological polar surface area (TPSA) is 98.6 Å². The van der Waals surface area contributed by atoms with Crippen molar-refractivity contribution in [3.8, 4) is 28.7 Å². The number of rotatable bonds is 7. The van der Waals surface area contributed by atoms with E-state index in [0.717, 1.165) is 0 Å². The van der Waals surface area contributed by atoms with E-state index in [4.69, 9.17) is 18.9 Å². The molecular weight excluding hydrogens is 352 g/mol. The maximum atomic E-state index is 12.5. The second-order valence-corrected chi connectivity index (χ2v) is 5.44. The normalized spacial score (nSPS) is 10.9. The molecule has 0 saturated carbocycles. The number of aromatic hydroxyl groups is 1. The van der Waals surface area contributed by atoms with Gasteiger partial charge in [-0.1, -0.05) is 0 Å². The molecule has 0 aliphatic rings. The molecule has 8 heteroatoms. The van der Waals surface area contributed by atoms with Gasteiger partial charge in [0.15, 0.2) is 23.0 Å². The van der Waals surface area contributed by atoms with Crippen molar-refractivity contribution >= 4 is 11.6 Å². The van der Waals surface area contributed by atoms with Crippen LogP contribution in [0.4, 0.5) is 0 Å². The molecule has 0 bridgehead atoms. The van der Waals surface area contributed by atoms with Crippen molar-refractivity contribution in [3.05, 3.63) is 41.5 Å². The number of hydrazone groups is 1. The summed E-state index contributed by atoms with van der Waals surface area (Å²) in [5, 5.41) is 13.8. The largest absolute Gasteiger partial charge is 0.504 e. The van der Waals surface area contributed by atoms with Crippen LogP contribution in [-0.4, -0.2) is 45.2 Å². The number of phenolic OH excluding ortho intramolecular Hbond substituents is 1. The summed E-state index contributed by atoms with van der Waals surface area (Å²) < 4.78 is 20.8. The molecule has 0 aliphatic heterocycles. The number of carbonyl (C=O) groups is 1. The third kappa shape index (κ3) is 4.41. The second-order valence-electron chi connectivity index (χ2n) is 5.44. The molecule has 144 valence electrons. The number of nitrogens with one attached hydrogen (secondary N) is 1. The lowest BCUT2D eigenvalue weighted by atomic mass is 10.1. The van der Waals surface area contributed by atoms with Crippen LogP contribution in [0.5, 0.6) is 28.7 Å². The fraction of sp³-hybridized carbons (Fsp3) is 0.263. The average Bonchev–Trinajstić information content (AvgIpc) is 2.70. The minimum atomic E-state index is -0.445. The van der Waals surface area contributed by atoms with Crippen LogP contribution < -0.4 is 24.4 Å². The summed E-state index contributed by atoms with van der Waals surface area (Å²) in [4.78, 5) is 12.5. The number of hydrogen-bond donors (Lipinski definition) is 2. The van der Waals surface area contributed by atoms with Crippen molar-refractivity contribution in [2.45, 2.75) is 6.92 Å². The van der Waals surface area contributed by atoms with E-state index < -0.39 is 5.91 Å². The van der Waals surface area contributed by atoms with Gasteiger partial charge in [0.2, 0.25) is 5.75 Å². The Balaban J connectivity index is 2.25. The van der Waals surface area contributed by atoms with Gasteiger partial charge >= 0.3 is 0 Å². The SMILES string of the molecule is COc1cc(/C(C)=N/NC(=O)c2cc(OC)c(OC)c(OC)c2)ccc1O. The van der Waals surface area contributed by atoms with E-state index in [-0.39, 0.29) is 5.75 Å². The molecule has 8 nitrogen and oxygen atoms in total. The average molecular weight is 374 g/mol. The van der Waals surface area contributed by atoms with Crippen molar-refractivity contribution in [3.63, 3.8) is 0 Å². The van der Waals surface area contributed by atoms with Gasteiger partial charge < -0.3 is 24.1 Å². The van der Waals surface area contributed by atoms with Crippen molar-refractivity contribution in [1.29, 1.82) is 0 Å². The predicted molar refractivity (Wildman–Crippen MR) is 100 cm³/mol. The minimum Gasteiger partial charge on any atom is -0.504 e. The number of ether oxygens (including phenoxy) is 4. The van der Waals surface area contributed by atoms with Gasteiger partial charge in [-0.2, -0.15) is 5.10 Å². The molecule has 0 spiro atoms. The quantitative estimate of drug-likeness (QED) is 0.571. The highest BCUT2D eigenvalue weighted by Gasteiger charge is 2.17. The third-order valence-electron chi connectivity index (χ3n) is 3.85. The second kappa shape index (κ2) is 8.79. The molecule has 2 aromatic carbocycles. The van der Waals surface area contributed by atoms with Crippen LogP contribution in [0, 0.1) is 0 Å². The van der Waals surface area contributed by atoms with E-state index in [1.165, 1.54) is 46.6 Å². The first-order valence-electron chi connectivity index (χ1n) is 7.97. The van der Waals surface area contributed by atoms with Crippen molar-refractivity contribution < 1.29 is 28.8 Å². The summed E-state index contributed by atoms with van der Waals surface area (Å²) in [5.74, 6) is 1.03. The zero-order valence-corrected chi connectivity index (χ0v) is 15.8. The lowest BCUT2D eigenvalue weighted by Crippen LogP contribution is -2.19. The van der Waals surface area contributed by atoms with Crippen LogP contribution in [0.1, 0.15) is 22.8 Å². The molecule has 0 aliphatic carbocycles. The summed E-state index contributed by atoms with van der Waals surface area (Å²) >= 11 is 0. The number of benzene rings is 2. The Morgan fingerprint density at radius 3 is 1.96 bits per heavy atom. The van der Waals surface area contributed by atoms with Crippen LogP contribution >= 0.6 is 0 Å². The number of methoxy groups -OCH3 is 4. The number of nitrogens with zero attached hydrogens (tertiary/aromatic N) is 1. The third-order valence-corrected chi connectivity index (χ3v) is 3.85. The van der Waals surface area contributed by atoms with Crippen molar-refractivity contribution in [2.75, 3.05) is 28.4 Å². The number of carbonyl (C=O) groups excluding carboxylic acids is 1. The molecule has 0 saturated heterocycles. The van der Waals surface area contributed by atoms with Gasteiger partial charge in [-0.25, -0.2) is 5.43 Å². The molecule has 0 unspecified atom stereocenters. The molecule has 0 radical (unpaired) electrons. The smallest absolute Gasteiger partial charge is 0.271 e. The van der Waals surface area contributed by atoms with E-state index in [1.807, 2.05) is 0 Å². The maximum absolute atomic E-state index is 12.5. The first-order chi connectivity index (χ1) is 12.9. The number of amides is 1. The Bertz CT molecular complexity index is 838.